The second-order valence-corrected chi connectivity index (χ2v) is 8.05. The summed E-state index contributed by atoms with van der Waals surface area (Å²) in [5, 5.41) is 20.5. The zero-order valence-corrected chi connectivity index (χ0v) is 19.7. The lowest BCUT2D eigenvalue weighted by atomic mass is 10.1. The van der Waals surface area contributed by atoms with Crippen molar-refractivity contribution in [3.8, 4) is 5.75 Å². The molecule has 0 bridgehead atoms. The number of rotatable bonds is 9. The van der Waals surface area contributed by atoms with Crippen LogP contribution >= 0.6 is 11.6 Å². The Morgan fingerprint density at radius 2 is 1.94 bits per heavy atom. The zero-order chi connectivity index (χ0) is 25.7. The predicted molar refractivity (Wildman–Crippen MR) is 130 cm³/mol. The monoisotopic (exact) mass is 509 g/mol. The van der Waals surface area contributed by atoms with Gasteiger partial charge < -0.3 is 19.8 Å². The number of carbonyl (C=O) groups excluding carboxylic acids is 2. The topological polar surface area (TPSA) is 142 Å². The van der Waals surface area contributed by atoms with E-state index < -0.39 is 16.7 Å². The Bertz CT molecular complexity index is 1400. The highest BCUT2D eigenvalue weighted by Gasteiger charge is 2.19. The van der Waals surface area contributed by atoms with Crippen molar-refractivity contribution < 1.29 is 23.7 Å². The van der Waals surface area contributed by atoms with E-state index in [0.717, 1.165) is 5.56 Å². The molecule has 2 heterocycles. The van der Waals surface area contributed by atoms with Crippen LogP contribution in [0.4, 0.5) is 11.4 Å². The summed E-state index contributed by atoms with van der Waals surface area (Å²) in [6.45, 7) is 0.326. The number of nitro benzene ring substituents is 1. The molecular formula is C24H20ClN5O6. The molecule has 36 heavy (non-hydrogen) atoms. The number of nitrogens with zero attached hydrogens (tertiary/aromatic N) is 3. The molecule has 4 aromatic rings. The maximum absolute atomic E-state index is 12.8. The molecule has 0 atom stereocenters. The summed E-state index contributed by atoms with van der Waals surface area (Å²) in [4.78, 5) is 35.6. The van der Waals surface area contributed by atoms with Crippen molar-refractivity contribution in [1.29, 1.82) is 0 Å². The molecule has 4 rings (SSSR count). The third-order valence-corrected chi connectivity index (χ3v) is 5.33. The van der Waals surface area contributed by atoms with Crippen molar-refractivity contribution in [2.24, 2.45) is 7.05 Å². The van der Waals surface area contributed by atoms with E-state index in [2.05, 4.69) is 15.7 Å². The summed E-state index contributed by atoms with van der Waals surface area (Å²) in [6.07, 6.45) is 3.05. The number of furan rings is 1. The number of halogens is 1. The first kappa shape index (κ1) is 24.5. The SMILES string of the molecule is Cn1cc(NC(=O)c2ccc(COc3ccc([N+](=O)[O-])cc3Cl)cc2)c(C(=O)NCc2ccco2)n1. The lowest BCUT2D eigenvalue weighted by Gasteiger charge is -2.09. The summed E-state index contributed by atoms with van der Waals surface area (Å²) in [5.41, 5.74) is 1.31. The van der Waals surface area contributed by atoms with Gasteiger partial charge >= 0.3 is 0 Å². The van der Waals surface area contributed by atoms with Crippen molar-refractivity contribution in [1.82, 2.24) is 15.1 Å². The van der Waals surface area contributed by atoms with Gasteiger partial charge in [0, 0.05) is 30.9 Å². The summed E-state index contributed by atoms with van der Waals surface area (Å²) >= 11 is 6.04. The molecule has 2 amide bonds. The van der Waals surface area contributed by atoms with Crippen LogP contribution in [0.1, 0.15) is 32.2 Å². The van der Waals surface area contributed by atoms with Gasteiger partial charge in [0.05, 0.1) is 28.4 Å². The Morgan fingerprint density at radius 3 is 2.61 bits per heavy atom. The van der Waals surface area contributed by atoms with E-state index in [9.17, 15) is 19.7 Å². The van der Waals surface area contributed by atoms with Crippen molar-refractivity contribution in [3.05, 3.63) is 105 Å². The van der Waals surface area contributed by atoms with E-state index in [0.29, 0.717) is 17.1 Å². The molecule has 2 N–H and O–H groups in total. The number of ether oxygens (including phenoxy) is 1. The van der Waals surface area contributed by atoms with Crippen LogP contribution in [0.15, 0.2) is 71.5 Å². The van der Waals surface area contributed by atoms with Crippen LogP contribution in [0, 0.1) is 10.1 Å². The highest BCUT2D eigenvalue weighted by Crippen LogP contribution is 2.29. The van der Waals surface area contributed by atoms with Gasteiger partial charge in [-0.3, -0.25) is 24.4 Å². The predicted octanol–water partition coefficient (Wildman–Crippen LogP) is 4.34. The minimum absolute atomic E-state index is 0.0717. The highest BCUT2D eigenvalue weighted by atomic mass is 35.5. The molecule has 0 aliphatic carbocycles. The van der Waals surface area contributed by atoms with Gasteiger partial charge in [0.2, 0.25) is 0 Å². The molecule has 0 aliphatic heterocycles. The Kier molecular flexibility index (Phi) is 7.31. The molecule has 0 saturated carbocycles. The number of nitro groups is 1. The summed E-state index contributed by atoms with van der Waals surface area (Å²) in [5.74, 6) is 0.0111. The second kappa shape index (κ2) is 10.7. The Labute approximate surface area is 209 Å². The lowest BCUT2D eigenvalue weighted by molar-refractivity contribution is -0.384. The maximum Gasteiger partial charge on any atom is 0.274 e. The largest absolute Gasteiger partial charge is 0.487 e. The van der Waals surface area contributed by atoms with Gasteiger partial charge in [0.1, 0.15) is 18.1 Å². The van der Waals surface area contributed by atoms with Crippen LogP contribution in [0.2, 0.25) is 5.02 Å². The van der Waals surface area contributed by atoms with Crippen LogP contribution in [0.25, 0.3) is 0 Å². The molecule has 0 spiro atoms. The number of aryl methyl sites for hydroxylation is 1. The summed E-state index contributed by atoms with van der Waals surface area (Å²) in [6, 6.07) is 14.0. The van der Waals surface area contributed by atoms with Crippen molar-refractivity contribution in [2.45, 2.75) is 13.2 Å². The van der Waals surface area contributed by atoms with E-state index in [-0.39, 0.29) is 35.2 Å². The quantitative estimate of drug-likeness (QED) is 0.252. The third-order valence-electron chi connectivity index (χ3n) is 5.03. The van der Waals surface area contributed by atoms with Gasteiger partial charge in [-0.15, -0.1) is 0 Å². The minimum Gasteiger partial charge on any atom is -0.487 e. The van der Waals surface area contributed by atoms with Crippen LogP contribution in [0.3, 0.4) is 0 Å². The van der Waals surface area contributed by atoms with Gasteiger partial charge in [0.15, 0.2) is 5.69 Å². The molecule has 0 aliphatic rings. The second-order valence-electron chi connectivity index (χ2n) is 7.64. The van der Waals surface area contributed by atoms with E-state index in [4.69, 9.17) is 20.8 Å². The number of hydrogen-bond donors (Lipinski definition) is 2. The zero-order valence-electron chi connectivity index (χ0n) is 18.9. The molecule has 11 nitrogen and oxygen atoms in total. The molecule has 0 radical (unpaired) electrons. The van der Waals surface area contributed by atoms with E-state index in [1.165, 1.54) is 35.3 Å². The number of aromatic nitrogens is 2. The minimum atomic E-state index is -0.540. The van der Waals surface area contributed by atoms with E-state index >= 15 is 0 Å². The van der Waals surface area contributed by atoms with Gasteiger partial charge in [-0.25, -0.2) is 0 Å². The standard InChI is InChI=1S/C24H20ClN5O6/c1-29-13-20(22(28-29)24(32)26-12-18-3-2-10-35-18)27-23(31)16-6-4-15(5-7-16)14-36-21-9-8-17(30(33)34)11-19(21)25/h2-11,13H,12,14H2,1H3,(H,26,32)(H,27,31). The molecule has 184 valence electrons. The number of amides is 2. The van der Waals surface area contributed by atoms with Gasteiger partial charge in [0.25, 0.3) is 17.5 Å². The molecule has 2 aromatic heterocycles. The fraction of sp³-hybridized carbons (Fsp3) is 0.125. The molecular weight excluding hydrogens is 490 g/mol. The smallest absolute Gasteiger partial charge is 0.274 e. The molecule has 0 unspecified atom stereocenters. The fourth-order valence-electron chi connectivity index (χ4n) is 3.24. The first-order valence-electron chi connectivity index (χ1n) is 10.6. The lowest BCUT2D eigenvalue weighted by Crippen LogP contribution is -2.25. The van der Waals surface area contributed by atoms with Crippen molar-refractivity contribution in [3.63, 3.8) is 0 Å². The number of hydrogen-bond acceptors (Lipinski definition) is 7. The Hall–Kier alpha value is -4.64. The summed E-state index contributed by atoms with van der Waals surface area (Å²) < 4.78 is 12.3. The van der Waals surface area contributed by atoms with Crippen LogP contribution in [-0.2, 0) is 20.2 Å². The highest BCUT2D eigenvalue weighted by molar-refractivity contribution is 6.32. The van der Waals surface area contributed by atoms with Crippen LogP contribution in [0.5, 0.6) is 5.75 Å². The van der Waals surface area contributed by atoms with Gasteiger partial charge in [-0.1, -0.05) is 23.7 Å². The number of carbonyl (C=O) groups is 2. The van der Waals surface area contributed by atoms with E-state index in [1.54, 1.807) is 43.4 Å². The summed E-state index contributed by atoms with van der Waals surface area (Å²) in [7, 11) is 1.64. The fourth-order valence-corrected chi connectivity index (χ4v) is 3.47. The first-order valence-corrected chi connectivity index (χ1v) is 11.0. The Morgan fingerprint density at radius 1 is 1.17 bits per heavy atom. The van der Waals surface area contributed by atoms with Gasteiger partial charge in [-0.05, 0) is 35.9 Å². The average molecular weight is 510 g/mol. The molecule has 0 saturated heterocycles. The number of nitrogens with one attached hydrogen (secondary N) is 2. The molecule has 0 fully saturated rings. The van der Waals surface area contributed by atoms with Crippen molar-refractivity contribution in [2.75, 3.05) is 5.32 Å². The normalized spacial score (nSPS) is 10.6. The number of benzene rings is 2. The third kappa shape index (κ3) is 5.88. The maximum atomic E-state index is 12.8. The number of non-ortho nitro benzene ring substituents is 1. The Balaban J connectivity index is 1.37. The van der Waals surface area contributed by atoms with Crippen LogP contribution < -0.4 is 15.4 Å². The van der Waals surface area contributed by atoms with Crippen molar-refractivity contribution >= 4 is 34.8 Å². The average Bonchev–Trinajstić information content (AvgIpc) is 3.51. The molecule has 12 heteroatoms. The van der Waals surface area contributed by atoms with E-state index in [1.807, 2.05) is 0 Å². The first-order chi connectivity index (χ1) is 17.3. The molecule has 2 aromatic carbocycles. The van der Waals surface area contributed by atoms with Gasteiger partial charge in [-0.2, -0.15) is 5.10 Å². The van der Waals surface area contributed by atoms with Crippen LogP contribution in [-0.4, -0.2) is 26.5 Å². The number of anilines is 1.